The number of fused-ring (bicyclic) bond motifs is 1. The fourth-order valence-corrected chi connectivity index (χ4v) is 2.17. The van der Waals surface area contributed by atoms with E-state index in [9.17, 15) is 0 Å². The van der Waals surface area contributed by atoms with Crippen LogP contribution >= 0.6 is 0 Å². The third kappa shape index (κ3) is 2.72. The van der Waals surface area contributed by atoms with E-state index < -0.39 is 0 Å². The number of ether oxygens (including phenoxy) is 3. The summed E-state index contributed by atoms with van der Waals surface area (Å²) in [7, 11) is 1.64. The molecule has 3 rings (SSSR count). The van der Waals surface area contributed by atoms with Crippen LogP contribution in [0, 0.1) is 0 Å². The van der Waals surface area contributed by atoms with E-state index in [-0.39, 0.29) is 0 Å². The Morgan fingerprint density at radius 3 is 2.80 bits per heavy atom. The Kier molecular flexibility index (Phi) is 3.78. The molecule has 0 atom stereocenters. The van der Waals surface area contributed by atoms with Crippen LogP contribution in [0.3, 0.4) is 0 Å². The Morgan fingerprint density at radius 2 is 2.00 bits per heavy atom. The highest BCUT2D eigenvalue weighted by atomic mass is 16.6. The maximum Gasteiger partial charge on any atom is 0.203 e. The number of rotatable bonds is 5. The van der Waals surface area contributed by atoms with Gasteiger partial charge in [-0.2, -0.15) is 0 Å². The van der Waals surface area contributed by atoms with Crippen molar-refractivity contribution < 1.29 is 18.6 Å². The zero-order valence-corrected chi connectivity index (χ0v) is 11.3. The molecule has 1 aliphatic heterocycles. The summed E-state index contributed by atoms with van der Waals surface area (Å²) in [4.78, 5) is 0. The zero-order chi connectivity index (χ0) is 13.8. The summed E-state index contributed by atoms with van der Waals surface area (Å²) in [5.41, 5.74) is 2.21. The summed E-state index contributed by atoms with van der Waals surface area (Å²) in [6.45, 7) is 2.61. The van der Waals surface area contributed by atoms with E-state index in [2.05, 4.69) is 5.32 Å². The number of hydrogen-bond donors (Lipinski definition) is 1. The maximum absolute atomic E-state index is 5.61. The number of hydrogen-bond acceptors (Lipinski definition) is 5. The van der Waals surface area contributed by atoms with E-state index in [0.717, 1.165) is 30.0 Å². The average molecular weight is 275 g/mol. The second kappa shape index (κ2) is 5.88. The number of benzene rings is 1. The molecule has 1 aliphatic rings. The van der Waals surface area contributed by atoms with Gasteiger partial charge in [-0.3, -0.25) is 0 Å². The van der Waals surface area contributed by atoms with E-state index in [4.69, 9.17) is 18.6 Å². The van der Waals surface area contributed by atoms with Crippen LogP contribution in [0.15, 0.2) is 35.1 Å². The lowest BCUT2D eigenvalue weighted by Crippen LogP contribution is -2.17. The van der Waals surface area contributed by atoms with Gasteiger partial charge in [0.2, 0.25) is 5.75 Å². The molecule has 1 N–H and O–H groups in total. The van der Waals surface area contributed by atoms with Crippen LogP contribution < -0.4 is 19.5 Å². The molecular formula is C15H17NO4. The van der Waals surface area contributed by atoms with Gasteiger partial charge in [0.05, 0.1) is 19.6 Å². The first-order valence-electron chi connectivity index (χ1n) is 6.55. The lowest BCUT2D eigenvalue weighted by Gasteiger charge is -2.21. The molecule has 1 aromatic carbocycles. The molecule has 0 spiro atoms. The highest BCUT2D eigenvalue weighted by Crippen LogP contribution is 2.40. The van der Waals surface area contributed by atoms with Crippen LogP contribution in [0.5, 0.6) is 17.2 Å². The van der Waals surface area contributed by atoms with Crippen molar-refractivity contribution >= 4 is 0 Å². The summed E-state index contributed by atoms with van der Waals surface area (Å²) in [5, 5.41) is 3.35. The van der Waals surface area contributed by atoms with E-state index in [1.165, 1.54) is 0 Å². The fraction of sp³-hybridized carbons (Fsp3) is 0.333. The summed E-state index contributed by atoms with van der Waals surface area (Å²) in [6.07, 6.45) is 3.40. The van der Waals surface area contributed by atoms with Gasteiger partial charge in [0.1, 0.15) is 13.2 Å². The molecule has 5 nitrogen and oxygen atoms in total. The molecule has 0 unspecified atom stereocenters. The van der Waals surface area contributed by atoms with Gasteiger partial charge in [0.25, 0.3) is 0 Å². The second-order valence-corrected chi connectivity index (χ2v) is 4.56. The predicted molar refractivity (Wildman–Crippen MR) is 73.2 cm³/mol. The van der Waals surface area contributed by atoms with Gasteiger partial charge in [-0.15, -0.1) is 0 Å². The van der Waals surface area contributed by atoms with Crippen molar-refractivity contribution in [3.05, 3.63) is 41.9 Å². The van der Waals surface area contributed by atoms with Gasteiger partial charge < -0.3 is 23.9 Å². The van der Waals surface area contributed by atoms with E-state index >= 15 is 0 Å². The van der Waals surface area contributed by atoms with Gasteiger partial charge in [-0.1, -0.05) is 0 Å². The van der Waals surface area contributed by atoms with Crippen molar-refractivity contribution in [3.63, 3.8) is 0 Å². The Morgan fingerprint density at radius 1 is 1.15 bits per heavy atom. The standard InChI is InChI=1S/C15H17NO4/c1-17-13-6-12(7-14-15(13)20-5-4-19-14)9-16-8-11-2-3-18-10-11/h2-3,6-7,10,16H,4-5,8-9H2,1H3. The number of methoxy groups -OCH3 is 1. The van der Waals surface area contributed by atoms with E-state index in [1.54, 1.807) is 19.6 Å². The molecule has 20 heavy (non-hydrogen) atoms. The monoisotopic (exact) mass is 275 g/mol. The average Bonchev–Trinajstić information content (AvgIpc) is 2.99. The van der Waals surface area contributed by atoms with Crippen molar-refractivity contribution in [2.75, 3.05) is 20.3 Å². The third-order valence-electron chi connectivity index (χ3n) is 3.13. The highest BCUT2D eigenvalue weighted by molar-refractivity contribution is 5.54. The molecule has 0 amide bonds. The smallest absolute Gasteiger partial charge is 0.203 e. The molecule has 5 heteroatoms. The normalized spacial score (nSPS) is 13.2. The minimum absolute atomic E-state index is 0.557. The quantitative estimate of drug-likeness (QED) is 0.907. The molecule has 2 heterocycles. The van der Waals surface area contributed by atoms with Crippen LogP contribution in [0.1, 0.15) is 11.1 Å². The predicted octanol–water partition coefficient (Wildman–Crippen LogP) is 2.35. The third-order valence-corrected chi connectivity index (χ3v) is 3.13. The van der Waals surface area contributed by atoms with Gasteiger partial charge in [0, 0.05) is 18.7 Å². The molecule has 106 valence electrons. The zero-order valence-electron chi connectivity index (χ0n) is 11.3. The van der Waals surface area contributed by atoms with Crippen LogP contribution in [-0.2, 0) is 13.1 Å². The van der Waals surface area contributed by atoms with Gasteiger partial charge in [0.15, 0.2) is 11.5 Å². The fourth-order valence-electron chi connectivity index (χ4n) is 2.17. The first-order chi connectivity index (χ1) is 9.86. The van der Waals surface area contributed by atoms with Crippen molar-refractivity contribution in [3.8, 4) is 17.2 Å². The van der Waals surface area contributed by atoms with Crippen LogP contribution in [-0.4, -0.2) is 20.3 Å². The molecule has 0 radical (unpaired) electrons. The maximum atomic E-state index is 5.61. The summed E-state index contributed by atoms with van der Waals surface area (Å²) in [6, 6.07) is 5.90. The van der Waals surface area contributed by atoms with Crippen molar-refractivity contribution in [2.45, 2.75) is 13.1 Å². The number of furan rings is 1. The molecule has 0 saturated carbocycles. The molecule has 0 bridgehead atoms. The Balaban J connectivity index is 1.69. The minimum Gasteiger partial charge on any atom is -0.493 e. The second-order valence-electron chi connectivity index (χ2n) is 4.56. The Labute approximate surface area is 117 Å². The van der Waals surface area contributed by atoms with E-state index in [0.29, 0.717) is 24.7 Å². The first kappa shape index (κ1) is 12.9. The van der Waals surface area contributed by atoms with Gasteiger partial charge in [-0.25, -0.2) is 0 Å². The van der Waals surface area contributed by atoms with E-state index in [1.807, 2.05) is 18.2 Å². The van der Waals surface area contributed by atoms with Crippen LogP contribution in [0.25, 0.3) is 0 Å². The van der Waals surface area contributed by atoms with Crippen LogP contribution in [0.4, 0.5) is 0 Å². The van der Waals surface area contributed by atoms with Gasteiger partial charge >= 0.3 is 0 Å². The summed E-state index contributed by atoms with van der Waals surface area (Å²) < 4.78 is 21.6. The molecule has 2 aromatic rings. The lowest BCUT2D eigenvalue weighted by atomic mass is 10.1. The molecule has 0 saturated heterocycles. The molecular weight excluding hydrogens is 258 g/mol. The van der Waals surface area contributed by atoms with Crippen molar-refractivity contribution in [1.29, 1.82) is 0 Å². The molecule has 0 aliphatic carbocycles. The highest BCUT2D eigenvalue weighted by Gasteiger charge is 2.18. The van der Waals surface area contributed by atoms with Crippen molar-refractivity contribution in [2.24, 2.45) is 0 Å². The SMILES string of the molecule is COc1cc(CNCc2ccoc2)cc2c1OCCO2. The van der Waals surface area contributed by atoms with Crippen LogP contribution in [0.2, 0.25) is 0 Å². The van der Waals surface area contributed by atoms with Gasteiger partial charge in [-0.05, 0) is 23.8 Å². The summed E-state index contributed by atoms with van der Waals surface area (Å²) >= 11 is 0. The Bertz CT molecular complexity index is 548. The lowest BCUT2D eigenvalue weighted by molar-refractivity contribution is 0.165. The largest absolute Gasteiger partial charge is 0.493 e. The van der Waals surface area contributed by atoms with Crippen molar-refractivity contribution in [1.82, 2.24) is 5.32 Å². The topological polar surface area (TPSA) is 52.9 Å². The Hall–Kier alpha value is -2.14. The molecule has 1 aromatic heterocycles. The minimum atomic E-state index is 0.557. The molecule has 0 fully saturated rings. The number of nitrogens with one attached hydrogen (secondary N) is 1. The summed E-state index contributed by atoms with van der Waals surface area (Å²) in [5.74, 6) is 2.15. The first-order valence-corrected chi connectivity index (χ1v) is 6.55.